The van der Waals surface area contributed by atoms with E-state index in [2.05, 4.69) is 21.9 Å². The summed E-state index contributed by atoms with van der Waals surface area (Å²) < 4.78 is 1.58. The number of anilines is 1. The van der Waals surface area contributed by atoms with Crippen molar-refractivity contribution in [3.63, 3.8) is 0 Å². The number of benzene rings is 1. The molecule has 8 heteroatoms. The fourth-order valence-corrected chi connectivity index (χ4v) is 5.27. The Hall–Kier alpha value is -2.74. The van der Waals surface area contributed by atoms with Gasteiger partial charge in [-0.15, -0.1) is 0 Å². The first-order chi connectivity index (χ1) is 15.6. The molecule has 0 radical (unpaired) electrons. The minimum absolute atomic E-state index is 0.0242. The van der Waals surface area contributed by atoms with E-state index in [0.717, 1.165) is 43.5 Å². The second-order valence-corrected chi connectivity index (χ2v) is 8.75. The van der Waals surface area contributed by atoms with Gasteiger partial charge in [0.1, 0.15) is 19.2 Å². The Morgan fingerprint density at radius 2 is 1.88 bits per heavy atom. The number of aromatic nitrogens is 3. The number of fused-ring (bicyclic) bond motifs is 3. The predicted molar refractivity (Wildman–Crippen MR) is 123 cm³/mol. The van der Waals surface area contributed by atoms with Gasteiger partial charge in [0.05, 0.1) is 0 Å². The number of rotatable bonds is 4. The van der Waals surface area contributed by atoms with Crippen LogP contribution in [0.3, 0.4) is 0 Å². The van der Waals surface area contributed by atoms with E-state index < -0.39 is 0 Å². The van der Waals surface area contributed by atoms with E-state index in [4.69, 9.17) is 0 Å². The van der Waals surface area contributed by atoms with Crippen LogP contribution in [0.5, 0.6) is 0 Å². The van der Waals surface area contributed by atoms with Crippen molar-refractivity contribution < 1.29 is 9.59 Å². The molecule has 1 fully saturated rings. The van der Waals surface area contributed by atoms with Gasteiger partial charge >= 0.3 is 0 Å². The second kappa shape index (κ2) is 10.3. The SMILES string of the molecule is CCC(=O)N1CCC2CCCC(CN(C(=O)Cn3cncn3)Cc3ccccc31)N2CC. The molecule has 2 aliphatic heterocycles. The second-order valence-electron chi connectivity index (χ2n) is 8.75. The van der Waals surface area contributed by atoms with Crippen LogP contribution >= 0.6 is 0 Å². The Morgan fingerprint density at radius 3 is 2.62 bits per heavy atom. The normalized spacial score (nSPS) is 22.2. The van der Waals surface area contributed by atoms with E-state index in [1.165, 1.54) is 6.33 Å². The van der Waals surface area contributed by atoms with Gasteiger partial charge in [-0.05, 0) is 37.4 Å². The van der Waals surface area contributed by atoms with Gasteiger partial charge in [-0.1, -0.05) is 38.5 Å². The van der Waals surface area contributed by atoms with Gasteiger partial charge in [-0.2, -0.15) is 5.10 Å². The summed E-state index contributed by atoms with van der Waals surface area (Å²) in [5, 5.41) is 4.12. The number of piperidine rings is 1. The standard InChI is InChI=1S/C24H34N6O2/c1-3-23(31)30-13-12-20-9-7-10-21(29(20)4-2)15-27(14-19-8-5-6-11-22(19)30)24(32)16-28-18-25-17-26-28/h5-6,8,11,17-18,20-21H,3-4,7,9-10,12-16H2,1-2H3. The highest BCUT2D eigenvalue weighted by atomic mass is 16.2. The van der Waals surface area contributed by atoms with Crippen molar-refractivity contribution in [2.24, 2.45) is 0 Å². The van der Waals surface area contributed by atoms with Crippen LogP contribution in [0, 0.1) is 0 Å². The number of carbonyl (C=O) groups is 2. The molecule has 0 saturated carbocycles. The maximum atomic E-state index is 13.4. The van der Waals surface area contributed by atoms with E-state index in [1.54, 1.807) is 11.0 Å². The Balaban J connectivity index is 1.71. The average molecular weight is 439 g/mol. The molecule has 1 aromatic carbocycles. The zero-order chi connectivity index (χ0) is 22.5. The molecule has 2 aromatic rings. The van der Waals surface area contributed by atoms with Crippen LogP contribution in [0.2, 0.25) is 0 Å². The van der Waals surface area contributed by atoms with Crippen LogP contribution in [-0.2, 0) is 22.7 Å². The van der Waals surface area contributed by atoms with E-state index in [9.17, 15) is 9.59 Å². The lowest BCUT2D eigenvalue weighted by atomic mass is 9.93. The third kappa shape index (κ3) is 4.85. The smallest absolute Gasteiger partial charge is 0.244 e. The largest absolute Gasteiger partial charge is 0.335 e. The lowest BCUT2D eigenvalue weighted by Gasteiger charge is -2.43. The summed E-state index contributed by atoms with van der Waals surface area (Å²) in [6.07, 6.45) is 7.85. The fourth-order valence-electron chi connectivity index (χ4n) is 5.27. The van der Waals surface area contributed by atoms with Gasteiger partial charge in [-0.25, -0.2) is 9.67 Å². The molecule has 2 bridgehead atoms. The fraction of sp³-hybridized carbons (Fsp3) is 0.583. The third-order valence-corrected chi connectivity index (χ3v) is 6.86. The predicted octanol–water partition coefficient (Wildman–Crippen LogP) is 2.70. The molecular weight excluding hydrogens is 404 g/mol. The molecule has 1 saturated heterocycles. The number of hydrogen-bond acceptors (Lipinski definition) is 5. The Morgan fingerprint density at radius 1 is 1.06 bits per heavy atom. The monoisotopic (exact) mass is 438 g/mol. The third-order valence-electron chi connectivity index (χ3n) is 6.86. The first-order valence-electron chi connectivity index (χ1n) is 11.8. The zero-order valence-corrected chi connectivity index (χ0v) is 19.2. The molecule has 2 atom stereocenters. The number of amides is 2. The van der Waals surface area contributed by atoms with E-state index in [0.29, 0.717) is 38.1 Å². The summed E-state index contributed by atoms with van der Waals surface area (Å²) in [6, 6.07) is 8.80. The molecule has 2 unspecified atom stereocenters. The quantitative estimate of drug-likeness (QED) is 0.734. The molecule has 0 spiro atoms. The van der Waals surface area contributed by atoms with Gasteiger partial charge in [0, 0.05) is 43.8 Å². The van der Waals surface area contributed by atoms with E-state index >= 15 is 0 Å². The number of hydrogen-bond donors (Lipinski definition) is 0. The highest BCUT2D eigenvalue weighted by Crippen LogP contribution is 2.30. The highest BCUT2D eigenvalue weighted by molar-refractivity contribution is 5.94. The summed E-state index contributed by atoms with van der Waals surface area (Å²) in [4.78, 5) is 36.8. The molecule has 172 valence electrons. The van der Waals surface area contributed by atoms with Crippen molar-refractivity contribution in [1.29, 1.82) is 0 Å². The van der Waals surface area contributed by atoms with Crippen molar-refractivity contribution in [1.82, 2.24) is 24.6 Å². The van der Waals surface area contributed by atoms with Crippen LogP contribution in [0.1, 0.15) is 51.5 Å². The summed E-state index contributed by atoms with van der Waals surface area (Å²) in [5.41, 5.74) is 1.94. The van der Waals surface area contributed by atoms with E-state index in [1.807, 2.05) is 41.0 Å². The summed E-state index contributed by atoms with van der Waals surface area (Å²) in [6.45, 7) is 7.13. The summed E-state index contributed by atoms with van der Waals surface area (Å²) >= 11 is 0. The summed E-state index contributed by atoms with van der Waals surface area (Å²) in [5.74, 6) is 0.156. The molecule has 0 N–H and O–H groups in total. The minimum Gasteiger partial charge on any atom is -0.335 e. The highest BCUT2D eigenvalue weighted by Gasteiger charge is 2.33. The van der Waals surface area contributed by atoms with Crippen LogP contribution in [0.25, 0.3) is 0 Å². The van der Waals surface area contributed by atoms with Crippen LogP contribution in [0.4, 0.5) is 5.69 Å². The summed E-state index contributed by atoms with van der Waals surface area (Å²) in [7, 11) is 0. The van der Waals surface area contributed by atoms with Gasteiger partial charge < -0.3 is 9.80 Å². The minimum atomic E-state index is 0.0242. The van der Waals surface area contributed by atoms with Gasteiger partial charge in [0.2, 0.25) is 11.8 Å². The Kier molecular flexibility index (Phi) is 7.19. The van der Waals surface area contributed by atoms with Crippen LogP contribution in [-0.4, -0.2) is 68.1 Å². The maximum absolute atomic E-state index is 13.4. The topological polar surface area (TPSA) is 74.6 Å². The molecular formula is C24H34N6O2. The number of nitrogens with zero attached hydrogens (tertiary/aromatic N) is 6. The van der Waals surface area contributed by atoms with Crippen molar-refractivity contribution >= 4 is 17.5 Å². The maximum Gasteiger partial charge on any atom is 0.244 e. The first kappa shape index (κ1) is 22.5. The molecule has 4 rings (SSSR count). The number of para-hydroxylation sites is 1. The molecule has 0 aliphatic carbocycles. The Labute approximate surface area is 190 Å². The molecule has 8 nitrogen and oxygen atoms in total. The Bertz CT molecular complexity index is 915. The number of likely N-dealkylation sites (N-methyl/N-ethyl adjacent to an activating group) is 1. The molecule has 1 aromatic heterocycles. The van der Waals surface area contributed by atoms with Gasteiger partial charge in [-0.3, -0.25) is 14.5 Å². The average Bonchev–Trinajstić information content (AvgIpc) is 3.31. The van der Waals surface area contributed by atoms with Crippen LogP contribution < -0.4 is 4.90 Å². The van der Waals surface area contributed by atoms with Crippen LogP contribution in [0.15, 0.2) is 36.9 Å². The molecule has 32 heavy (non-hydrogen) atoms. The van der Waals surface area contributed by atoms with Crippen molar-refractivity contribution in [2.75, 3.05) is 24.5 Å². The number of carbonyl (C=O) groups excluding carboxylic acids is 2. The van der Waals surface area contributed by atoms with Crippen molar-refractivity contribution in [3.8, 4) is 0 Å². The van der Waals surface area contributed by atoms with E-state index in [-0.39, 0.29) is 18.4 Å². The molecule has 3 heterocycles. The van der Waals surface area contributed by atoms with Gasteiger partial charge in [0.15, 0.2) is 0 Å². The zero-order valence-electron chi connectivity index (χ0n) is 19.2. The van der Waals surface area contributed by atoms with Crippen molar-refractivity contribution in [2.45, 2.75) is 71.1 Å². The lowest BCUT2D eigenvalue weighted by molar-refractivity contribution is -0.134. The van der Waals surface area contributed by atoms with Gasteiger partial charge in [0.25, 0.3) is 0 Å². The lowest BCUT2D eigenvalue weighted by Crippen LogP contribution is -2.52. The molecule has 2 aliphatic rings. The molecule has 2 amide bonds. The first-order valence-corrected chi connectivity index (χ1v) is 11.8. The van der Waals surface area contributed by atoms with Crippen molar-refractivity contribution in [3.05, 3.63) is 42.5 Å².